The van der Waals surface area contributed by atoms with E-state index >= 15 is 0 Å². The molecule has 0 bridgehead atoms. The van der Waals surface area contributed by atoms with Gasteiger partial charge in [-0.2, -0.15) is 0 Å². The van der Waals surface area contributed by atoms with E-state index < -0.39 is 23.6 Å². The predicted molar refractivity (Wildman–Crippen MR) is 139 cm³/mol. The number of hydrogen-bond donors (Lipinski definition) is 2. The fourth-order valence-electron chi connectivity index (χ4n) is 4.28. The Labute approximate surface area is 220 Å². The Morgan fingerprint density at radius 2 is 1.73 bits per heavy atom. The number of carbonyl (C=O) groups is 2. The highest BCUT2D eigenvalue weighted by Crippen LogP contribution is 2.27. The van der Waals surface area contributed by atoms with Crippen molar-refractivity contribution in [3.8, 4) is 5.69 Å². The average molecular weight is 574 g/mol. The SMILES string of the molecule is CNC(=O)c1ccc(-n2c(NC(C)C)nc3c(c2=O)C[C@@H](C)N(C(=O)c2cc(F)c(Br)c(F)c2)C3)cc1. The summed E-state index contributed by atoms with van der Waals surface area (Å²) in [6.45, 7) is 5.58. The summed E-state index contributed by atoms with van der Waals surface area (Å²) >= 11 is 2.82. The first kappa shape index (κ1) is 26.5. The monoisotopic (exact) mass is 573 g/mol. The third-order valence-electron chi connectivity index (χ3n) is 6.14. The molecule has 1 aliphatic heterocycles. The molecule has 0 saturated heterocycles. The van der Waals surface area contributed by atoms with Crippen molar-refractivity contribution in [1.82, 2.24) is 19.8 Å². The van der Waals surface area contributed by atoms with Gasteiger partial charge < -0.3 is 15.5 Å². The zero-order chi connectivity index (χ0) is 27.0. The molecule has 0 unspecified atom stereocenters. The van der Waals surface area contributed by atoms with Crippen LogP contribution in [-0.4, -0.2) is 45.4 Å². The molecule has 11 heteroatoms. The highest BCUT2D eigenvalue weighted by atomic mass is 79.9. The van der Waals surface area contributed by atoms with Crippen molar-refractivity contribution >= 4 is 33.7 Å². The molecule has 0 aliphatic carbocycles. The number of amides is 2. The molecule has 2 aromatic carbocycles. The van der Waals surface area contributed by atoms with Gasteiger partial charge in [0, 0.05) is 35.8 Å². The van der Waals surface area contributed by atoms with Crippen LogP contribution in [0.2, 0.25) is 0 Å². The summed E-state index contributed by atoms with van der Waals surface area (Å²) in [5, 5.41) is 5.74. The molecule has 2 heterocycles. The van der Waals surface area contributed by atoms with E-state index in [4.69, 9.17) is 4.98 Å². The van der Waals surface area contributed by atoms with E-state index in [1.54, 1.807) is 31.2 Å². The van der Waals surface area contributed by atoms with Crippen LogP contribution in [0.5, 0.6) is 0 Å². The number of rotatable bonds is 5. The van der Waals surface area contributed by atoms with Crippen LogP contribution in [-0.2, 0) is 13.0 Å². The van der Waals surface area contributed by atoms with E-state index in [0.29, 0.717) is 22.5 Å². The third-order valence-corrected chi connectivity index (χ3v) is 6.90. The maximum atomic E-state index is 14.1. The molecule has 8 nitrogen and oxygen atoms in total. The largest absolute Gasteiger partial charge is 0.355 e. The van der Waals surface area contributed by atoms with E-state index in [0.717, 1.165) is 12.1 Å². The summed E-state index contributed by atoms with van der Waals surface area (Å²) in [5.74, 6) is -2.26. The lowest BCUT2D eigenvalue weighted by molar-refractivity contribution is 0.0652. The number of hydrogen-bond acceptors (Lipinski definition) is 5. The predicted octanol–water partition coefficient (Wildman–Crippen LogP) is 4.04. The highest BCUT2D eigenvalue weighted by Gasteiger charge is 2.32. The number of aromatic nitrogens is 2. The Kier molecular flexibility index (Phi) is 7.44. The zero-order valence-electron chi connectivity index (χ0n) is 20.7. The molecule has 0 saturated carbocycles. The van der Waals surface area contributed by atoms with Crippen molar-refractivity contribution in [2.45, 2.75) is 45.8 Å². The van der Waals surface area contributed by atoms with Gasteiger partial charge in [0.25, 0.3) is 17.4 Å². The molecule has 1 atom stereocenters. The lowest BCUT2D eigenvalue weighted by Gasteiger charge is -2.34. The molecule has 3 aromatic rings. The van der Waals surface area contributed by atoms with Gasteiger partial charge in [-0.25, -0.2) is 18.3 Å². The fourth-order valence-corrected chi connectivity index (χ4v) is 4.51. The van der Waals surface area contributed by atoms with Gasteiger partial charge in [-0.15, -0.1) is 0 Å². The summed E-state index contributed by atoms with van der Waals surface area (Å²) in [4.78, 5) is 45.0. The van der Waals surface area contributed by atoms with E-state index in [-0.39, 0.29) is 46.5 Å². The standard InChI is InChI=1S/C26H26BrF2N5O3/c1-13(2)31-26-32-21-12-33(24(36)16-10-19(28)22(27)20(29)11-16)14(3)9-18(21)25(37)34(26)17-7-5-15(6-8-17)23(35)30-4/h5-8,10-11,13-14H,9,12H2,1-4H3,(H,30,35)(H,31,32)/t14-/m1/s1. The Bertz CT molecular complexity index is 1420. The quantitative estimate of drug-likeness (QED) is 0.449. The number of nitrogens with zero attached hydrogens (tertiary/aromatic N) is 3. The van der Waals surface area contributed by atoms with Gasteiger partial charge >= 0.3 is 0 Å². The van der Waals surface area contributed by atoms with Gasteiger partial charge in [0.05, 0.1) is 22.4 Å². The molecule has 2 N–H and O–H groups in total. The summed E-state index contributed by atoms with van der Waals surface area (Å²) in [5.41, 5.74) is 1.43. The minimum atomic E-state index is -0.875. The smallest absolute Gasteiger partial charge is 0.263 e. The van der Waals surface area contributed by atoms with Gasteiger partial charge in [0.2, 0.25) is 5.95 Å². The number of fused-ring (bicyclic) bond motifs is 1. The van der Waals surface area contributed by atoms with Gasteiger partial charge in [0.1, 0.15) is 11.6 Å². The molecular formula is C26H26BrF2N5O3. The van der Waals surface area contributed by atoms with Crippen molar-refractivity contribution in [3.05, 3.63) is 85.2 Å². The Hall–Kier alpha value is -3.60. The number of anilines is 1. The Morgan fingerprint density at radius 1 is 1.11 bits per heavy atom. The molecule has 1 aromatic heterocycles. The first-order chi connectivity index (χ1) is 17.5. The zero-order valence-corrected chi connectivity index (χ0v) is 22.3. The van der Waals surface area contributed by atoms with Crippen LogP contribution >= 0.6 is 15.9 Å². The second-order valence-corrected chi connectivity index (χ2v) is 9.96. The van der Waals surface area contributed by atoms with Crippen molar-refractivity contribution < 1.29 is 18.4 Å². The van der Waals surface area contributed by atoms with Gasteiger partial charge in [0.15, 0.2) is 0 Å². The van der Waals surface area contributed by atoms with Crippen molar-refractivity contribution in [3.63, 3.8) is 0 Å². The van der Waals surface area contributed by atoms with Crippen LogP contribution in [0.3, 0.4) is 0 Å². The lowest BCUT2D eigenvalue weighted by atomic mass is 9.98. The maximum Gasteiger partial charge on any atom is 0.263 e. The van der Waals surface area contributed by atoms with Crippen LogP contribution in [0, 0.1) is 11.6 Å². The van der Waals surface area contributed by atoms with Crippen LogP contribution in [0.15, 0.2) is 45.7 Å². The lowest BCUT2D eigenvalue weighted by Crippen LogP contribution is -2.46. The normalized spacial score (nSPS) is 14.9. The second-order valence-electron chi connectivity index (χ2n) is 9.17. The summed E-state index contributed by atoms with van der Waals surface area (Å²) in [6.07, 6.45) is 0.215. The Balaban J connectivity index is 1.76. The first-order valence-electron chi connectivity index (χ1n) is 11.7. The summed E-state index contributed by atoms with van der Waals surface area (Å²) < 4.78 is 29.3. The van der Waals surface area contributed by atoms with Crippen LogP contribution in [0.4, 0.5) is 14.7 Å². The molecule has 194 valence electrons. The van der Waals surface area contributed by atoms with E-state index in [1.165, 1.54) is 16.5 Å². The molecule has 1 aliphatic rings. The van der Waals surface area contributed by atoms with Gasteiger partial charge in [-0.1, -0.05) is 0 Å². The van der Waals surface area contributed by atoms with Crippen molar-refractivity contribution in [2.75, 3.05) is 12.4 Å². The molecule has 2 amide bonds. The van der Waals surface area contributed by atoms with Gasteiger partial charge in [-0.3, -0.25) is 14.4 Å². The topological polar surface area (TPSA) is 96.3 Å². The molecular weight excluding hydrogens is 548 g/mol. The van der Waals surface area contributed by atoms with Crippen molar-refractivity contribution in [2.24, 2.45) is 0 Å². The molecule has 0 radical (unpaired) electrons. The Morgan fingerprint density at radius 3 is 2.30 bits per heavy atom. The molecule has 4 rings (SSSR count). The number of nitrogens with one attached hydrogen (secondary N) is 2. The average Bonchev–Trinajstić information content (AvgIpc) is 2.86. The number of carbonyl (C=O) groups excluding carboxylic acids is 2. The number of benzene rings is 2. The van der Waals surface area contributed by atoms with E-state index in [1.807, 2.05) is 13.8 Å². The maximum absolute atomic E-state index is 14.1. The molecule has 0 spiro atoms. The highest BCUT2D eigenvalue weighted by molar-refractivity contribution is 9.10. The minimum Gasteiger partial charge on any atom is -0.355 e. The van der Waals surface area contributed by atoms with Crippen LogP contribution in [0.25, 0.3) is 5.69 Å². The summed E-state index contributed by atoms with van der Waals surface area (Å²) in [7, 11) is 1.54. The van der Waals surface area contributed by atoms with Crippen LogP contribution < -0.4 is 16.2 Å². The van der Waals surface area contributed by atoms with Crippen molar-refractivity contribution in [1.29, 1.82) is 0 Å². The molecule has 37 heavy (non-hydrogen) atoms. The van der Waals surface area contributed by atoms with E-state index in [9.17, 15) is 23.2 Å². The third kappa shape index (κ3) is 5.13. The minimum absolute atomic E-state index is 0.00704. The fraction of sp³-hybridized carbons (Fsp3) is 0.308. The van der Waals surface area contributed by atoms with Crippen LogP contribution in [0.1, 0.15) is 52.7 Å². The summed E-state index contributed by atoms with van der Waals surface area (Å²) in [6, 6.07) is 8.08. The van der Waals surface area contributed by atoms with E-state index in [2.05, 4.69) is 26.6 Å². The second kappa shape index (κ2) is 10.4. The van der Waals surface area contributed by atoms with Gasteiger partial charge in [-0.05, 0) is 79.5 Å². The molecule has 0 fully saturated rings. The number of halogens is 3. The first-order valence-corrected chi connectivity index (χ1v) is 12.5.